The van der Waals surface area contributed by atoms with E-state index in [4.69, 9.17) is 10.7 Å². The Bertz CT molecular complexity index is 1380. The van der Waals surface area contributed by atoms with Crippen LogP contribution in [-0.2, 0) is 6.54 Å². The zero-order valence-corrected chi connectivity index (χ0v) is 19.5. The van der Waals surface area contributed by atoms with Gasteiger partial charge < -0.3 is 15.2 Å². The van der Waals surface area contributed by atoms with E-state index in [2.05, 4.69) is 73.6 Å². The van der Waals surface area contributed by atoms with Gasteiger partial charge in [-0.2, -0.15) is 0 Å². The molecule has 0 atom stereocenters. The first-order chi connectivity index (χ1) is 15.8. The fourth-order valence-corrected chi connectivity index (χ4v) is 4.47. The molecular weight excluding hydrogens is 408 g/mol. The van der Waals surface area contributed by atoms with Crippen LogP contribution < -0.4 is 10.6 Å². The molecule has 0 amide bonds. The normalized spacial score (nSPS) is 13.1. The predicted octanol–water partition coefficient (Wildman–Crippen LogP) is 5.78. The van der Waals surface area contributed by atoms with Gasteiger partial charge >= 0.3 is 0 Å². The zero-order valence-electron chi connectivity index (χ0n) is 19.5. The van der Waals surface area contributed by atoms with Crippen molar-refractivity contribution in [3.63, 3.8) is 0 Å². The molecule has 1 aliphatic heterocycles. The molecule has 3 heterocycles. The van der Waals surface area contributed by atoms with Gasteiger partial charge in [-0.15, -0.1) is 10.2 Å². The summed E-state index contributed by atoms with van der Waals surface area (Å²) in [5.74, 6) is 1.62. The summed E-state index contributed by atoms with van der Waals surface area (Å²) in [5, 5.41) is 8.39. The highest BCUT2D eigenvalue weighted by Gasteiger charge is 2.26. The number of nitrogens with two attached hydrogens (primary N) is 1. The molecule has 0 aliphatic carbocycles. The summed E-state index contributed by atoms with van der Waals surface area (Å²) in [4.78, 5) is 7.08. The standard InChI is InChI=1S/C27H28N6/c1-16(2)33-15-29-31-27(33)25-7-6-8-26(30-25)32-14-21-10-9-20(12-24(21)19(32)5)23-13-22(28)11-17(3)18(23)4/h6-13,15-16H,5,14,28H2,1-4H3. The number of anilines is 2. The molecule has 6 nitrogen and oxygen atoms in total. The first-order valence-electron chi connectivity index (χ1n) is 11.2. The first-order valence-corrected chi connectivity index (χ1v) is 11.2. The Morgan fingerprint density at radius 1 is 1.03 bits per heavy atom. The van der Waals surface area contributed by atoms with Gasteiger partial charge in [-0.1, -0.05) is 24.8 Å². The molecule has 5 rings (SSSR count). The van der Waals surface area contributed by atoms with Gasteiger partial charge in [0.1, 0.15) is 17.8 Å². The highest BCUT2D eigenvalue weighted by Crippen LogP contribution is 2.39. The maximum absolute atomic E-state index is 6.14. The van der Waals surface area contributed by atoms with Gasteiger partial charge in [-0.3, -0.25) is 0 Å². The number of aryl methyl sites for hydroxylation is 1. The third kappa shape index (κ3) is 3.57. The maximum Gasteiger partial charge on any atom is 0.182 e. The molecule has 166 valence electrons. The van der Waals surface area contributed by atoms with E-state index < -0.39 is 0 Å². The Labute approximate surface area is 194 Å². The molecule has 0 unspecified atom stereocenters. The van der Waals surface area contributed by atoms with Gasteiger partial charge in [0.15, 0.2) is 5.82 Å². The lowest BCUT2D eigenvalue weighted by Gasteiger charge is -2.19. The van der Waals surface area contributed by atoms with E-state index in [1.54, 1.807) is 6.33 Å². The minimum Gasteiger partial charge on any atom is -0.399 e. The number of nitrogens with zero attached hydrogens (tertiary/aromatic N) is 5. The van der Waals surface area contributed by atoms with E-state index >= 15 is 0 Å². The second kappa shape index (κ2) is 7.89. The van der Waals surface area contributed by atoms with Crippen LogP contribution >= 0.6 is 0 Å². The van der Waals surface area contributed by atoms with E-state index in [-0.39, 0.29) is 6.04 Å². The minimum atomic E-state index is 0.254. The average molecular weight is 437 g/mol. The summed E-state index contributed by atoms with van der Waals surface area (Å²) in [7, 11) is 0. The molecule has 33 heavy (non-hydrogen) atoms. The van der Waals surface area contributed by atoms with Crippen LogP contribution in [0.5, 0.6) is 0 Å². The molecule has 2 aromatic carbocycles. The Morgan fingerprint density at radius 3 is 2.64 bits per heavy atom. The molecule has 4 aromatic rings. The summed E-state index contributed by atoms with van der Waals surface area (Å²) in [6.07, 6.45) is 1.75. The fourth-order valence-electron chi connectivity index (χ4n) is 4.47. The van der Waals surface area contributed by atoms with Gasteiger partial charge in [-0.25, -0.2) is 4.98 Å². The average Bonchev–Trinajstić information content (AvgIpc) is 3.41. The smallest absolute Gasteiger partial charge is 0.182 e. The third-order valence-corrected chi connectivity index (χ3v) is 6.45. The minimum absolute atomic E-state index is 0.254. The number of nitrogen functional groups attached to an aromatic ring is 1. The Hall–Kier alpha value is -3.93. The van der Waals surface area contributed by atoms with Crippen LogP contribution in [0, 0.1) is 13.8 Å². The molecule has 1 aliphatic rings. The molecule has 2 aromatic heterocycles. The molecule has 0 radical (unpaired) electrons. The van der Waals surface area contributed by atoms with Crippen molar-refractivity contribution in [2.75, 3.05) is 10.6 Å². The van der Waals surface area contributed by atoms with E-state index in [9.17, 15) is 0 Å². The number of benzene rings is 2. The molecule has 0 saturated heterocycles. The van der Waals surface area contributed by atoms with Crippen LogP contribution in [0.4, 0.5) is 11.5 Å². The maximum atomic E-state index is 6.14. The van der Waals surface area contributed by atoms with Gasteiger partial charge in [0.25, 0.3) is 0 Å². The quantitative estimate of drug-likeness (QED) is 0.411. The lowest BCUT2D eigenvalue weighted by atomic mass is 9.94. The second-order valence-corrected chi connectivity index (χ2v) is 8.95. The molecule has 2 N–H and O–H groups in total. The van der Waals surface area contributed by atoms with Crippen LogP contribution in [0.3, 0.4) is 0 Å². The zero-order chi connectivity index (χ0) is 23.3. The Morgan fingerprint density at radius 2 is 1.85 bits per heavy atom. The number of aromatic nitrogens is 4. The van der Waals surface area contributed by atoms with Crippen LogP contribution in [0.2, 0.25) is 0 Å². The summed E-state index contributed by atoms with van der Waals surface area (Å²) >= 11 is 0. The SMILES string of the molecule is C=C1c2cc(-c3cc(N)cc(C)c3C)ccc2CN1c1cccc(-c2nncn2C(C)C)n1. The molecule has 0 bridgehead atoms. The van der Waals surface area contributed by atoms with Gasteiger partial charge in [0, 0.05) is 23.0 Å². The Balaban J connectivity index is 1.50. The monoisotopic (exact) mass is 436 g/mol. The predicted molar refractivity (Wildman–Crippen MR) is 135 cm³/mol. The fraction of sp³-hybridized carbons (Fsp3) is 0.222. The second-order valence-electron chi connectivity index (χ2n) is 8.95. The van der Waals surface area contributed by atoms with E-state index in [0.29, 0.717) is 0 Å². The topological polar surface area (TPSA) is 72.9 Å². The summed E-state index contributed by atoms with van der Waals surface area (Å²) < 4.78 is 2.03. The van der Waals surface area contributed by atoms with Crippen molar-refractivity contribution in [1.29, 1.82) is 0 Å². The van der Waals surface area contributed by atoms with E-state index in [1.807, 2.05) is 28.8 Å². The number of pyridine rings is 1. The van der Waals surface area contributed by atoms with E-state index in [1.165, 1.54) is 16.7 Å². The molecular formula is C27H28N6. The van der Waals surface area contributed by atoms with Gasteiger partial charge in [0.2, 0.25) is 0 Å². The van der Waals surface area contributed by atoms with E-state index in [0.717, 1.165) is 52.0 Å². The number of hydrogen-bond acceptors (Lipinski definition) is 5. The highest BCUT2D eigenvalue weighted by atomic mass is 15.3. The summed E-state index contributed by atoms with van der Waals surface area (Å²) in [5.41, 5.74) is 15.8. The number of fused-ring (bicyclic) bond motifs is 1. The van der Waals surface area contributed by atoms with Crippen LogP contribution in [-0.4, -0.2) is 19.7 Å². The first kappa shape index (κ1) is 20.9. The molecule has 0 fully saturated rings. The largest absolute Gasteiger partial charge is 0.399 e. The van der Waals surface area contributed by atoms with Crippen LogP contribution in [0.1, 0.15) is 42.1 Å². The van der Waals surface area contributed by atoms with Crippen molar-refractivity contribution >= 4 is 17.2 Å². The van der Waals surface area contributed by atoms with Crippen molar-refractivity contribution in [2.45, 2.75) is 40.3 Å². The van der Waals surface area contributed by atoms with Gasteiger partial charge in [0.05, 0.1) is 6.54 Å². The van der Waals surface area contributed by atoms with Crippen molar-refractivity contribution in [2.24, 2.45) is 0 Å². The number of hydrogen-bond donors (Lipinski definition) is 1. The molecule has 6 heteroatoms. The van der Waals surface area contributed by atoms with Crippen LogP contribution in [0.15, 0.2) is 61.4 Å². The van der Waals surface area contributed by atoms with Crippen molar-refractivity contribution < 1.29 is 0 Å². The number of rotatable bonds is 4. The summed E-state index contributed by atoms with van der Waals surface area (Å²) in [6.45, 7) is 13.6. The van der Waals surface area contributed by atoms with Gasteiger partial charge in [-0.05, 0) is 85.8 Å². The Kier molecular flexibility index (Phi) is 5.01. The van der Waals surface area contributed by atoms with Crippen molar-refractivity contribution in [3.8, 4) is 22.6 Å². The highest BCUT2D eigenvalue weighted by molar-refractivity contribution is 5.86. The lowest BCUT2D eigenvalue weighted by Crippen LogP contribution is -2.15. The molecule has 0 saturated carbocycles. The van der Waals surface area contributed by atoms with Crippen molar-refractivity contribution in [3.05, 3.63) is 83.7 Å². The summed E-state index contributed by atoms with van der Waals surface area (Å²) in [6, 6.07) is 16.9. The molecule has 0 spiro atoms. The van der Waals surface area contributed by atoms with Crippen molar-refractivity contribution in [1.82, 2.24) is 19.7 Å². The van der Waals surface area contributed by atoms with Crippen LogP contribution in [0.25, 0.3) is 28.3 Å². The third-order valence-electron chi connectivity index (χ3n) is 6.45. The lowest BCUT2D eigenvalue weighted by molar-refractivity contribution is 0.603.